The Balaban J connectivity index is 1.76. The molecule has 1 unspecified atom stereocenters. The molecule has 1 atom stereocenters. The SMILES string of the molecule is O=C(CC1CCCNC1)NCc1ccc([N+](=O)[O-])cc1. The lowest BCUT2D eigenvalue weighted by atomic mass is 9.96. The molecule has 0 bridgehead atoms. The maximum atomic E-state index is 11.8. The number of hydrogen-bond acceptors (Lipinski definition) is 4. The Labute approximate surface area is 117 Å². The summed E-state index contributed by atoms with van der Waals surface area (Å²) in [5.74, 6) is 0.456. The van der Waals surface area contributed by atoms with E-state index in [2.05, 4.69) is 10.6 Å². The van der Waals surface area contributed by atoms with Crippen molar-refractivity contribution in [2.45, 2.75) is 25.8 Å². The number of hydrogen-bond donors (Lipinski definition) is 2. The Morgan fingerprint density at radius 2 is 2.15 bits per heavy atom. The lowest BCUT2D eigenvalue weighted by Gasteiger charge is -2.22. The zero-order chi connectivity index (χ0) is 14.4. The van der Waals surface area contributed by atoms with Gasteiger partial charge in [-0.15, -0.1) is 0 Å². The molecule has 1 saturated heterocycles. The predicted molar refractivity (Wildman–Crippen MR) is 75.2 cm³/mol. The average molecular weight is 277 g/mol. The second-order valence-corrected chi connectivity index (χ2v) is 5.12. The van der Waals surface area contributed by atoms with E-state index >= 15 is 0 Å². The molecule has 0 spiro atoms. The van der Waals surface area contributed by atoms with E-state index < -0.39 is 4.92 Å². The van der Waals surface area contributed by atoms with E-state index in [4.69, 9.17) is 0 Å². The third-order valence-electron chi connectivity index (χ3n) is 3.51. The summed E-state index contributed by atoms with van der Waals surface area (Å²) in [5, 5.41) is 16.7. The van der Waals surface area contributed by atoms with Crippen LogP contribution in [0.1, 0.15) is 24.8 Å². The maximum absolute atomic E-state index is 11.8. The highest BCUT2D eigenvalue weighted by Gasteiger charge is 2.16. The number of non-ortho nitro benzene ring substituents is 1. The molecule has 0 radical (unpaired) electrons. The Kier molecular flexibility index (Phi) is 5.06. The molecular weight excluding hydrogens is 258 g/mol. The Morgan fingerprint density at radius 3 is 2.75 bits per heavy atom. The number of nitrogens with one attached hydrogen (secondary N) is 2. The molecule has 2 rings (SSSR count). The van der Waals surface area contributed by atoms with E-state index in [1.165, 1.54) is 12.1 Å². The van der Waals surface area contributed by atoms with Gasteiger partial charge >= 0.3 is 0 Å². The van der Waals surface area contributed by atoms with Crippen LogP contribution in [-0.4, -0.2) is 23.9 Å². The van der Waals surface area contributed by atoms with E-state index in [1.54, 1.807) is 12.1 Å². The van der Waals surface area contributed by atoms with Crippen molar-refractivity contribution in [3.8, 4) is 0 Å². The fraction of sp³-hybridized carbons (Fsp3) is 0.500. The average Bonchev–Trinajstić information content (AvgIpc) is 2.46. The first-order valence-electron chi connectivity index (χ1n) is 6.86. The zero-order valence-electron chi connectivity index (χ0n) is 11.3. The minimum atomic E-state index is -0.432. The Hall–Kier alpha value is -1.95. The van der Waals surface area contributed by atoms with Crippen LogP contribution < -0.4 is 10.6 Å². The Morgan fingerprint density at radius 1 is 1.40 bits per heavy atom. The number of nitrogens with zero attached hydrogens (tertiary/aromatic N) is 1. The van der Waals surface area contributed by atoms with Crippen LogP contribution in [0, 0.1) is 16.0 Å². The van der Waals surface area contributed by atoms with Crippen LogP contribution in [0.4, 0.5) is 5.69 Å². The summed E-state index contributed by atoms with van der Waals surface area (Å²) in [6.45, 7) is 2.36. The first-order chi connectivity index (χ1) is 9.65. The fourth-order valence-corrected chi connectivity index (χ4v) is 2.37. The van der Waals surface area contributed by atoms with Crippen molar-refractivity contribution in [2.75, 3.05) is 13.1 Å². The van der Waals surface area contributed by atoms with Gasteiger partial charge in [-0.2, -0.15) is 0 Å². The monoisotopic (exact) mass is 277 g/mol. The third-order valence-corrected chi connectivity index (χ3v) is 3.51. The first kappa shape index (κ1) is 14.5. The first-order valence-corrected chi connectivity index (χ1v) is 6.86. The summed E-state index contributed by atoms with van der Waals surface area (Å²) in [4.78, 5) is 21.9. The van der Waals surface area contributed by atoms with Gasteiger partial charge in [0.1, 0.15) is 0 Å². The molecule has 1 aromatic carbocycles. The molecular formula is C14H19N3O3. The van der Waals surface area contributed by atoms with Gasteiger partial charge in [0.15, 0.2) is 0 Å². The van der Waals surface area contributed by atoms with Crippen LogP contribution in [0.25, 0.3) is 0 Å². The predicted octanol–water partition coefficient (Wildman–Crippen LogP) is 1.60. The highest BCUT2D eigenvalue weighted by Crippen LogP contribution is 2.14. The number of nitro benzene ring substituents is 1. The van der Waals surface area contributed by atoms with Crippen LogP contribution in [0.5, 0.6) is 0 Å². The molecule has 20 heavy (non-hydrogen) atoms. The Bertz CT molecular complexity index is 467. The largest absolute Gasteiger partial charge is 0.352 e. The highest BCUT2D eigenvalue weighted by atomic mass is 16.6. The van der Waals surface area contributed by atoms with Gasteiger partial charge in [0.2, 0.25) is 5.91 Å². The molecule has 108 valence electrons. The quantitative estimate of drug-likeness (QED) is 0.632. The van der Waals surface area contributed by atoms with Crippen LogP contribution >= 0.6 is 0 Å². The molecule has 6 nitrogen and oxygen atoms in total. The molecule has 0 aliphatic carbocycles. The molecule has 1 heterocycles. The van der Waals surface area contributed by atoms with Gasteiger partial charge in [-0.05, 0) is 37.4 Å². The molecule has 2 N–H and O–H groups in total. The standard InChI is InChI=1S/C14H19N3O3/c18-14(8-12-2-1-7-15-9-12)16-10-11-3-5-13(6-4-11)17(19)20/h3-6,12,15H,1-2,7-10H2,(H,16,18). The van der Waals surface area contributed by atoms with Crippen molar-refractivity contribution in [1.82, 2.24) is 10.6 Å². The summed E-state index contributed by atoms with van der Waals surface area (Å²) in [7, 11) is 0. The molecule has 0 saturated carbocycles. The van der Waals surface area contributed by atoms with Crippen molar-refractivity contribution in [2.24, 2.45) is 5.92 Å². The minimum Gasteiger partial charge on any atom is -0.352 e. The van der Waals surface area contributed by atoms with E-state index in [1.807, 2.05) is 0 Å². The lowest BCUT2D eigenvalue weighted by Crippen LogP contribution is -2.34. The van der Waals surface area contributed by atoms with Crippen LogP contribution in [-0.2, 0) is 11.3 Å². The number of carbonyl (C=O) groups is 1. The number of benzene rings is 1. The molecule has 0 aromatic heterocycles. The van der Waals surface area contributed by atoms with Crippen LogP contribution in [0.3, 0.4) is 0 Å². The van der Waals surface area contributed by atoms with Gasteiger partial charge in [-0.25, -0.2) is 0 Å². The zero-order valence-corrected chi connectivity index (χ0v) is 11.3. The number of rotatable bonds is 5. The molecule has 1 aliphatic rings. The second kappa shape index (κ2) is 7.00. The summed E-state index contributed by atoms with van der Waals surface area (Å²) in [5.41, 5.74) is 0.930. The van der Waals surface area contributed by atoms with Crippen LogP contribution in [0.2, 0.25) is 0 Å². The third kappa shape index (κ3) is 4.31. The number of amides is 1. The van der Waals surface area contributed by atoms with E-state index in [9.17, 15) is 14.9 Å². The minimum absolute atomic E-state index is 0.0389. The van der Waals surface area contributed by atoms with Gasteiger partial charge in [0, 0.05) is 25.1 Å². The fourth-order valence-electron chi connectivity index (χ4n) is 2.37. The van der Waals surface area contributed by atoms with Crippen LogP contribution in [0.15, 0.2) is 24.3 Å². The molecule has 1 fully saturated rings. The topological polar surface area (TPSA) is 84.3 Å². The van der Waals surface area contributed by atoms with Crippen molar-refractivity contribution >= 4 is 11.6 Å². The summed E-state index contributed by atoms with van der Waals surface area (Å²) >= 11 is 0. The normalized spacial score (nSPS) is 18.5. The summed E-state index contributed by atoms with van der Waals surface area (Å²) < 4.78 is 0. The summed E-state index contributed by atoms with van der Waals surface area (Å²) in [6, 6.07) is 6.24. The number of carbonyl (C=O) groups excluding carboxylic acids is 1. The van der Waals surface area contributed by atoms with E-state index in [-0.39, 0.29) is 11.6 Å². The number of piperidine rings is 1. The van der Waals surface area contributed by atoms with Gasteiger partial charge in [0.25, 0.3) is 5.69 Å². The molecule has 1 aliphatic heterocycles. The van der Waals surface area contributed by atoms with Gasteiger partial charge < -0.3 is 10.6 Å². The van der Waals surface area contributed by atoms with E-state index in [0.717, 1.165) is 31.5 Å². The highest BCUT2D eigenvalue weighted by molar-refractivity contribution is 5.76. The van der Waals surface area contributed by atoms with Gasteiger partial charge in [-0.3, -0.25) is 14.9 Å². The smallest absolute Gasteiger partial charge is 0.269 e. The van der Waals surface area contributed by atoms with Crippen molar-refractivity contribution in [1.29, 1.82) is 0 Å². The van der Waals surface area contributed by atoms with E-state index in [0.29, 0.717) is 18.9 Å². The molecule has 6 heteroatoms. The molecule has 1 aromatic rings. The lowest BCUT2D eigenvalue weighted by molar-refractivity contribution is -0.384. The van der Waals surface area contributed by atoms with Crippen molar-refractivity contribution in [3.05, 3.63) is 39.9 Å². The second-order valence-electron chi connectivity index (χ2n) is 5.12. The number of nitro groups is 1. The maximum Gasteiger partial charge on any atom is 0.269 e. The van der Waals surface area contributed by atoms with Gasteiger partial charge in [-0.1, -0.05) is 12.1 Å². The summed E-state index contributed by atoms with van der Waals surface area (Å²) in [6.07, 6.45) is 2.76. The van der Waals surface area contributed by atoms with Crippen molar-refractivity contribution in [3.63, 3.8) is 0 Å². The molecule has 1 amide bonds. The van der Waals surface area contributed by atoms with Crippen molar-refractivity contribution < 1.29 is 9.72 Å². The van der Waals surface area contributed by atoms with Gasteiger partial charge in [0.05, 0.1) is 4.92 Å².